The van der Waals surface area contributed by atoms with Gasteiger partial charge in [0.05, 0.1) is 6.61 Å². The maximum Gasteiger partial charge on any atom is 0.411 e. The molecule has 0 saturated carbocycles. The minimum atomic E-state index is -4.35. The van der Waals surface area contributed by atoms with E-state index >= 15 is 0 Å². The molecular weight excluding hydrogens is 399 g/mol. The van der Waals surface area contributed by atoms with Crippen LogP contribution in [-0.4, -0.2) is 23.7 Å². The zero-order valence-corrected chi connectivity index (χ0v) is 16.7. The van der Waals surface area contributed by atoms with Crippen LogP contribution in [0.15, 0.2) is 29.1 Å². The number of nitrogens with one attached hydrogen (secondary N) is 2. The smallest absolute Gasteiger partial charge is 0.367 e. The van der Waals surface area contributed by atoms with Crippen molar-refractivity contribution in [3.8, 4) is 6.07 Å². The van der Waals surface area contributed by atoms with Gasteiger partial charge in [0.25, 0.3) is 5.56 Å². The van der Waals surface area contributed by atoms with Crippen LogP contribution >= 0.6 is 0 Å². The van der Waals surface area contributed by atoms with Crippen LogP contribution in [0.1, 0.15) is 39.9 Å². The average molecular weight is 421 g/mol. The molecule has 6 nitrogen and oxygen atoms in total. The van der Waals surface area contributed by atoms with E-state index in [1.165, 1.54) is 0 Å². The Balaban J connectivity index is 1.84. The van der Waals surface area contributed by atoms with Crippen molar-refractivity contribution in [3.63, 3.8) is 0 Å². The second kappa shape index (κ2) is 10.1. The van der Waals surface area contributed by atoms with Gasteiger partial charge in [-0.1, -0.05) is 24.3 Å². The lowest BCUT2D eigenvalue weighted by atomic mass is 9.99. The van der Waals surface area contributed by atoms with E-state index < -0.39 is 18.3 Å². The van der Waals surface area contributed by atoms with Crippen molar-refractivity contribution in [1.29, 1.82) is 5.26 Å². The summed E-state index contributed by atoms with van der Waals surface area (Å²) in [5, 5.41) is 11.9. The number of aromatic amines is 1. The number of nitrogens with zero attached hydrogens (tertiary/aromatic N) is 1. The largest absolute Gasteiger partial charge is 0.411 e. The molecule has 0 atom stereocenters. The summed E-state index contributed by atoms with van der Waals surface area (Å²) >= 11 is 0. The first-order valence-corrected chi connectivity index (χ1v) is 9.22. The number of halogens is 3. The second-order valence-electron chi connectivity index (χ2n) is 6.87. The number of aromatic nitrogens is 1. The molecule has 1 aromatic heterocycles. The fourth-order valence-corrected chi connectivity index (χ4v) is 2.99. The lowest BCUT2D eigenvalue weighted by Gasteiger charge is -2.11. The van der Waals surface area contributed by atoms with Crippen molar-refractivity contribution in [3.05, 3.63) is 68.1 Å². The van der Waals surface area contributed by atoms with Gasteiger partial charge in [0, 0.05) is 18.7 Å². The van der Waals surface area contributed by atoms with Crippen molar-refractivity contribution in [2.24, 2.45) is 0 Å². The molecule has 160 valence electrons. The molecule has 0 aliphatic heterocycles. The van der Waals surface area contributed by atoms with Crippen LogP contribution in [0.25, 0.3) is 0 Å². The number of nitriles is 1. The normalized spacial score (nSPS) is 11.2. The van der Waals surface area contributed by atoms with E-state index in [4.69, 9.17) is 5.26 Å². The van der Waals surface area contributed by atoms with Crippen molar-refractivity contribution in [2.45, 2.75) is 46.0 Å². The van der Waals surface area contributed by atoms with Gasteiger partial charge >= 0.3 is 6.18 Å². The standard InChI is InChI=1S/C21H22F3N3O3/c1-13-17(14(2)27-20(29)18(13)9-25)7-8-19(28)26-10-15-3-5-16(6-4-15)11-30-12-21(22,23)24/h3-6H,7-8,10-12H2,1-2H3,(H,26,28)(H,27,29). The molecule has 30 heavy (non-hydrogen) atoms. The molecular formula is C21H22F3N3O3. The van der Waals surface area contributed by atoms with Gasteiger partial charge in [0.2, 0.25) is 5.91 Å². The van der Waals surface area contributed by atoms with Crippen LogP contribution in [0.3, 0.4) is 0 Å². The van der Waals surface area contributed by atoms with Crippen molar-refractivity contribution < 1.29 is 22.7 Å². The number of aryl methyl sites for hydroxylation is 1. The number of carbonyl (C=O) groups is 1. The number of benzene rings is 1. The highest BCUT2D eigenvalue weighted by molar-refractivity contribution is 5.76. The second-order valence-corrected chi connectivity index (χ2v) is 6.87. The summed E-state index contributed by atoms with van der Waals surface area (Å²) in [4.78, 5) is 26.5. The molecule has 9 heteroatoms. The zero-order valence-electron chi connectivity index (χ0n) is 16.7. The molecule has 2 rings (SSSR count). The van der Waals surface area contributed by atoms with Gasteiger partial charge in [-0.05, 0) is 42.5 Å². The Hall–Kier alpha value is -3.12. The quantitative estimate of drug-likeness (QED) is 0.684. The van der Waals surface area contributed by atoms with Crippen LogP contribution in [0, 0.1) is 25.2 Å². The molecule has 0 radical (unpaired) electrons. The number of carbonyl (C=O) groups excluding carboxylic acids is 1. The summed E-state index contributed by atoms with van der Waals surface area (Å²) in [6.45, 7) is 2.25. The molecule has 1 heterocycles. The molecule has 0 bridgehead atoms. The summed E-state index contributed by atoms with van der Waals surface area (Å²) in [6.07, 6.45) is -3.79. The van der Waals surface area contributed by atoms with Crippen LogP contribution in [0.4, 0.5) is 13.2 Å². The van der Waals surface area contributed by atoms with E-state index in [-0.39, 0.29) is 31.0 Å². The minimum Gasteiger partial charge on any atom is -0.367 e. The van der Waals surface area contributed by atoms with E-state index in [9.17, 15) is 22.8 Å². The summed E-state index contributed by atoms with van der Waals surface area (Å²) in [7, 11) is 0. The minimum absolute atomic E-state index is 0.0512. The van der Waals surface area contributed by atoms with Gasteiger partial charge in [0.1, 0.15) is 18.2 Å². The number of hydrogen-bond acceptors (Lipinski definition) is 4. The predicted octanol–water partition coefficient (Wildman–Crippen LogP) is 3.19. The molecule has 2 N–H and O–H groups in total. The summed E-state index contributed by atoms with van der Waals surface area (Å²) in [5.74, 6) is -0.198. The third kappa shape index (κ3) is 6.74. The van der Waals surface area contributed by atoms with Crippen molar-refractivity contribution in [2.75, 3.05) is 6.61 Å². The molecule has 0 aliphatic rings. The van der Waals surface area contributed by atoms with Gasteiger partial charge in [-0.3, -0.25) is 9.59 Å². The maximum absolute atomic E-state index is 12.2. The van der Waals surface area contributed by atoms with E-state index in [2.05, 4.69) is 15.0 Å². The Morgan fingerprint density at radius 2 is 1.83 bits per heavy atom. The topological polar surface area (TPSA) is 95.0 Å². The number of rotatable bonds is 8. The first kappa shape index (κ1) is 23.2. The number of amides is 1. The van der Waals surface area contributed by atoms with E-state index in [1.54, 1.807) is 38.1 Å². The third-order valence-corrected chi connectivity index (χ3v) is 4.57. The average Bonchev–Trinajstić information content (AvgIpc) is 2.66. The van der Waals surface area contributed by atoms with Crippen LogP contribution in [0.2, 0.25) is 0 Å². The molecule has 2 aromatic rings. The number of pyridine rings is 1. The van der Waals surface area contributed by atoms with Crippen LogP contribution < -0.4 is 10.9 Å². The molecule has 0 aliphatic carbocycles. The van der Waals surface area contributed by atoms with E-state index in [1.807, 2.05) is 6.07 Å². The van der Waals surface area contributed by atoms with Gasteiger partial charge in [-0.25, -0.2) is 0 Å². The molecule has 1 aromatic carbocycles. The fourth-order valence-electron chi connectivity index (χ4n) is 2.99. The Kier molecular flexibility index (Phi) is 7.78. The Morgan fingerprint density at radius 3 is 2.43 bits per heavy atom. The highest BCUT2D eigenvalue weighted by atomic mass is 19.4. The van der Waals surface area contributed by atoms with Gasteiger partial charge in [0.15, 0.2) is 0 Å². The molecule has 0 spiro atoms. The maximum atomic E-state index is 12.2. The SMILES string of the molecule is Cc1[nH]c(=O)c(C#N)c(C)c1CCC(=O)NCc1ccc(COCC(F)(F)F)cc1. The lowest BCUT2D eigenvalue weighted by Crippen LogP contribution is -2.24. The lowest BCUT2D eigenvalue weighted by molar-refractivity contribution is -0.176. The van der Waals surface area contributed by atoms with Crippen molar-refractivity contribution in [1.82, 2.24) is 10.3 Å². The van der Waals surface area contributed by atoms with Crippen molar-refractivity contribution >= 4 is 5.91 Å². The Labute approximate surface area is 171 Å². The Morgan fingerprint density at radius 1 is 1.20 bits per heavy atom. The summed E-state index contributed by atoms with van der Waals surface area (Å²) in [5.41, 5.74) is 2.99. The highest BCUT2D eigenvalue weighted by Crippen LogP contribution is 2.16. The van der Waals surface area contributed by atoms with E-state index in [0.29, 0.717) is 23.2 Å². The number of ether oxygens (including phenoxy) is 1. The molecule has 1 amide bonds. The van der Waals surface area contributed by atoms with E-state index in [0.717, 1.165) is 11.1 Å². The first-order chi connectivity index (χ1) is 14.1. The molecule has 0 fully saturated rings. The monoisotopic (exact) mass is 421 g/mol. The molecule has 0 unspecified atom stereocenters. The first-order valence-electron chi connectivity index (χ1n) is 9.22. The van der Waals surface area contributed by atoms with Crippen LogP contribution in [-0.2, 0) is 29.1 Å². The number of alkyl halides is 3. The zero-order chi connectivity index (χ0) is 22.3. The van der Waals surface area contributed by atoms with Crippen LogP contribution in [0.5, 0.6) is 0 Å². The predicted molar refractivity (Wildman–Crippen MR) is 104 cm³/mol. The number of H-pyrrole nitrogens is 1. The third-order valence-electron chi connectivity index (χ3n) is 4.57. The number of hydrogen-bond donors (Lipinski definition) is 2. The van der Waals surface area contributed by atoms with Gasteiger partial charge in [-0.2, -0.15) is 18.4 Å². The van der Waals surface area contributed by atoms with Gasteiger partial charge < -0.3 is 15.0 Å². The van der Waals surface area contributed by atoms with Gasteiger partial charge in [-0.15, -0.1) is 0 Å². The Bertz CT molecular complexity index is 990. The summed E-state index contributed by atoms with van der Waals surface area (Å²) in [6, 6.07) is 8.60. The summed E-state index contributed by atoms with van der Waals surface area (Å²) < 4.78 is 40.8. The fraction of sp³-hybridized carbons (Fsp3) is 0.381. The molecule has 0 saturated heterocycles. The highest BCUT2D eigenvalue weighted by Gasteiger charge is 2.27.